The minimum atomic E-state index is -4.52. The molecule has 1 fully saturated rings. The number of halogens is 6. The third-order valence-corrected chi connectivity index (χ3v) is 5.20. The van der Waals surface area contributed by atoms with E-state index >= 15 is 0 Å². The van der Waals surface area contributed by atoms with Crippen LogP contribution < -0.4 is 10.6 Å². The summed E-state index contributed by atoms with van der Waals surface area (Å²) in [5, 5.41) is 9.31. The molecule has 1 saturated carbocycles. The monoisotopic (exact) mass is 482 g/mol. The molecule has 2 N–H and O–H groups in total. The summed E-state index contributed by atoms with van der Waals surface area (Å²) in [4.78, 5) is 0. The summed E-state index contributed by atoms with van der Waals surface area (Å²) >= 11 is 8.10. The number of aromatic nitrogens is 2. The van der Waals surface area contributed by atoms with Crippen LogP contribution in [0.25, 0.3) is 0 Å². The molecule has 0 saturated heterocycles. The van der Waals surface area contributed by atoms with Crippen molar-refractivity contribution in [2.24, 2.45) is 0 Å². The minimum Gasteiger partial charge on any atom is -0.362 e. The van der Waals surface area contributed by atoms with Gasteiger partial charge in [-0.1, -0.05) is 0 Å². The summed E-state index contributed by atoms with van der Waals surface area (Å²) < 4.78 is 67.1. The molecule has 0 spiro atoms. The first-order valence-corrected chi connectivity index (χ1v) is 9.70. The molecule has 11 heteroatoms. The number of alkyl halides is 3. The van der Waals surface area contributed by atoms with E-state index in [1.54, 1.807) is 0 Å². The Kier molecular flexibility index (Phi) is 6.23. The maximum Gasteiger partial charge on any atom is 0.436 e. The summed E-state index contributed by atoms with van der Waals surface area (Å²) in [5.74, 6) is -1.38. The summed E-state index contributed by atoms with van der Waals surface area (Å²) in [6.07, 6.45) is -2.37. The largest absolute Gasteiger partial charge is 0.436 e. The third kappa shape index (κ3) is 4.99. The Bertz CT molecular complexity index is 879. The van der Waals surface area contributed by atoms with E-state index in [0.29, 0.717) is 18.7 Å². The van der Waals surface area contributed by atoms with E-state index in [1.807, 2.05) is 0 Å². The maximum absolute atomic E-state index is 13.6. The third-order valence-electron chi connectivity index (χ3n) is 4.18. The number of hydrogen-bond donors (Lipinski definition) is 2. The highest BCUT2D eigenvalue weighted by Gasteiger charge is 2.41. The number of aryl methyl sites for hydroxylation is 1. The highest BCUT2D eigenvalue weighted by molar-refractivity contribution is 9.10. The van der Waals surface area contributed by atoms with E-state index in [1.165, 1.54) is 10.7 Å². The van der Waals surface area contributed by atoms with Gasteiger partial charge < -0.3 is 10.6 Å². The fourth-order valence-electron chi connectivity index (χ4n) is 2.74. The molecular formula is C17H16BrF5N4S. The van der Waals surface area contributed by atoms with Gasteiger partial charge in [0.2, 0.25) is 0 Å². The molecule has 2 aromatic rings. The van der Waals surface area contributed by atoms with Crippen LogP contribution in [0.15, 0.2) is 22.7 Å². The van der Waals surface area contributed by atoms with E-state index in [2.05, 4.69) is 31.7 Å². The number of thiocarbonyl (C=S) groups is 1. The molecule has 0 atom stereocenters. The molecular weight excluding hydrogens is 467 g/mol. The van der Waals surface area contributed by atoms with Crippen LogP contribution in [-0.2, 0) is 12.7 Å². The molecule has 0 aliphatic heterocycles. The summed E-state index contributed by atoms with van der Waals surface area (Å²) in [5.41, 5.74) is -0.312. The quantitative estimate of drug-likeness (QED) is 0.337. The molecule has 3 rings (SSSR count). The average molecular weight is 483 g/mol. The van der Waals surface area contributed by atoms with Crippen molar-refractivity contribution in [2.45, 2.75) is 37.9 Å². The van der Waals surface area contributed by atoms with Gasteiger partial charge in [-0.15, -0.1) is 0 Å². The van der Waals surface area contributed by atoms with Gasteiger partial charge in [0.1, 0.15) is 11.6 Å². The van der Waals surface area contributed by atoms with E-state index in [-0.39, 0.29) is 27.7 Å². The zero-order chi connectivity index (χ0) is 20.5. The van der Waals surface area contributed by atoms with Crippen molar-refractivity contribution in [3.8, 4) is 0 Å². The van der Waals surface area contributed by atoms with E-state index in [4.69, 9.17) is 12.2 Å². The van der Waals surface area contributed by atoms with Gasteiger partial charge in [-0.05, 0) is 59.5 Å². The average Bonchev–Trinajstić information content (AvgIpc) is 3.37. The summed E-state index contributed by atoms with van der Waals surface area (Å²) in [6, 6.07) is 3.06. The van der Waals surface area contributed by atoms with Gasteiger partial charge in [-0.25, -0.2) is 8.78 Å². The van der Waals surface area contributed by atoms with Gasteiger partial charge in [0, 0.05) is 25.1 Å². The highest BCUT2D eigenvalue weighted by atomic mass is 79.9. The highest BCUT2D eigenvalue weighted by Crippen LogP contribution is 2.46. The molecule has 1 aliphatic rings. The lowest BCUT2D eigenvalue weighted by Gasteiger charge is -2.12. The number of nitrogens with one attached hydrogen (secondary N) is 2. The first-order valence-electron chi connectivity index (χ1n) is 8.50. The zero-order valence-electron chi connectivity index (χ0n) is 14.4. The second kappa shape index (κ2) is 8.32. The Morgan fingerprint density at radius 3 is 2.61 bits per heavy atom. The van der Waals surface area contributed by atoms with Crippen molar-refractivity contribution in [2.75, 3.05) is 11.9 Å². The van der Waals surface area contributed by atoms with Crippen molar-refractivity contribution in [3.63, 3.8) is 0 Å². The van der Waals surface area contributed by atoms with Crippen molar-refractivity contribution in [1.29, 1.82) is 0 Å². The van der Waals surface area contributed by atoms with Crippen LogP contribution in [-0.4, -0.2) is 21.4 Å². The van der Waals surface area contributed by atoms with Gasteiger partial charge in [0.15, 0.2) is 10.8 Å². The van der Waals surface area contributed by atoms with Crippen molar-refractivity contribution >= 4 is 38.9 Å². The fourth-order valence-corrected chi connectivity index (χ4v) is 3.78. The number of rotatable bonds is 6. The van der Waals surface area contributed by atoms with Crippen LogP contribution in [0.5, 0.6) is 0 Å². The Hall–Kier alpha value is -1.75. The van der Waals surface area contributed by atoms with E-state index in [0.717, 1.165) is 25.0 Å². The first kappa shape index (κ1) is 21.0. The Morgan fingerprint density at radius 2 is 2.00 bits per heavy atom. The number of anilines is 1. The van der Waals surface area contributed by atoms with Gasteiger partial charge in [-0.3, -0.25) is 4.68 Å². The second-order valence-corrected chi connectivity index (χ2v) is 7.60. The molecule has 1 aromatic carbocycles. The molecule has 1 aromatic heterocycles. The number of benzene rings is 1. The second-order valence-electron chi connectivity index (χ2n) is 6.40. The van der Waals surface area contributed by atoms with Crippen LogP contribution in [0, 0.1) is 11.6 Å². The van der Waals surface area contributed by atoms with E-state index < -0.39 is 23.5 Å². The van der Waals surface area contributed by atoms with Gasteiger partial charge >= 0.3 is 6.18 Å². The predicted octanol–water partition coefficient (Wildman–Crippen LogP) is 5.20. The lowest BCUT2D eigenvalue weighted by molar-refractivity contribution is -0.142. The molecule has 0 amide bonds. The lowest BCUT2D eigenvalue weighted by Crippen LogP contribution is -2.30. The Morgan fingerprint density at radius 1 is 1.29 bits per heavy atom. The Balaban J connectivity index is 1.54. The van der Waals surface area contributed by atoms with Crippen LogP contribution >= 0.6 is 28.1 Å². The standard InChI is InChI=1S/C17H16BrF5N4S/c18-13-14(9-2-3-9)27(26-15(13)17(21,22)23)7-1-6-24-16(28)25-12-5-4-10(19)8-11(12)20/h4-5,8-9H,1-3,6-7H2,(H2,24,25,28). The SMILES string of the molecule is Fc1ccc(NC(=S)NCCCn2nc(C(F)(F)F)c(Br)c2C2CC2)c(F)c1. The van der Waals surface area contributed by atoms with Gasteiger partial charge in [0.25, 0.3) is 0 Å². The van der Waals surface area contributed by atoms with Crippen molar-refractivity contribution < 1.29 is 22.0 Å². The van der Waals surface area contributed by atoms with Crippen LogP contribution in [0.1, 0.15) is 36.6 Å². The zero-order valence-corrected chi connectivity index (χ0v) is 16.8. The van der Waals surface area contributed by atoms with Crippen LogP contribution in [0.4, 0.5) is 27.6 Å². The summed E-state index contributed by atoms with van der Waals surface area (Å²) in [6.45, 7) is 0.624. The Labute approximate surface area is 171 Å². The predicted molar refractivity (Wildman–Crippen MR) is 102 cm³/mol. The van der Waals surface area contributed by atoms with Gasteiger partial charge in [-0.2, -0.15) is 18.3 Å². The van der Waals surface area contributed by atoms with E-state index in [9.17, 15) is 22.0 Å². The number of hydrogen-bond acceptors (Lipinski definition) is 2. The maximum atomic E-state index is 13.6. The van der Waals surface area contributed by atoms with Crippen LogP contribution in [0.3, 0.4) is 0 Å². The fraction of sp³-hybridized carbons (Fsp3) is 0.412. The molecule has 0 unspecified atom stereocenters. The summed E-state index contributed by atoms with van der Waals surface area (Å²) in [7, 11) is 0. The molecule has 4 nitrogen and oxygen atoms in total. The molecule has 0 bridgehead atoms. The topological polar surface area (TPSA) is 41.9 Å². The van der Waals surface area contributed by atoms with Gasteiger partial charge in [0.05, 0.1) is 15.9 Å². The van der Waals surface area contributed by atoms with Crippen LogP contribution in [0.2, 0.25) is 0 Å². The molecule has 1 heterocycles. The molecule has 0 radical (unpaired) electrons. The lowest BCUT2D eigenvalue weighted by atomic mass is 10.2. The number of nitrogens with zero attached hydrogens (tertiary/aromatic N) is 2. The van der Waals surface area contributed by atoms with Crippen molar-refractivity contribution in [1.82, 2.24) is 15.1 Å². The smallest absolute Gasteiger partial charge is 0.362 e. The van der Waals surface area contributed by atoms with Crippen molar-refractivity contribution in [3.05, 3.63) is 45.7 Å². The normalized spacial score (nSPS) is 14.2. The minimum absolute atomic E-state index is 0.0134. The molecule has 28 heavy (non-hydrogen) atoms. The molecule has 1 aliphatic carbocycles. The molecule has 152 valence electrons. The first-order chi connectivity index (χ1) is 13.2.